The highest BCUT2D eigenvalue weighted by Gasteiger charge is 2.19. The molecule has 0 aliphatic carbocycles. The van der Waals surface area contributed by atoms with Crippen molar-refractivity contribution in [3.8, 4) is 0 Å². The maximum atomic E-state index is 12.7. The minimum atomic E-state index is -0.794. The Balaban J connectivity index is 4.38. The highest BCUT2D eigenvalue weighted by atomic mass is 16.6. The molecule has 6 heteroatoms. The lowest BCUT2D eigenvalue weighted by Crippen LogP contribution is -2.30. The minimum absolute atomic E-state index is 0.0912. The Labute approximate surface area is 364 Å². The average Bonchev–Trinajstić information content (AvgIpc) is 3.23. The van der Waals surface area contributed by atoms with Gasteiger partial charge in [0.15, 0.2) is 6.10 Å². The van der Waals surface area contributed by atoms with Gasteiger partial charge in [0.05, 0.1) is 0 Å². The Hall–Kier alpha value is -2.89. The molecule has 0 bridgehead atoms. The third-order valence-corrected chi connectivity index (χ3v) is 10.6. The van der Waals surface area contributed by atoms with Crippen LogP contribution in [0.1, 0.15) is 239 Å². The smallest absolute Gasteiger partial charge is 0.306 e. The van der Waals surface area contributed by atoms with Gasteiger partial charge in [0, 0.05) is 19.3 Å². The monoisotopic (exact) mass is 825 g/mol. The SMILES string of the molecule is CC\C=C/C=C\C=C/C=C\CCCCCC(=O)OC(COC(=O)CCCCCCC/C=C\CCCC)COC(=O)CCCCCCCCCCCCCCCCCCC. The minimum Gasteiger partial charge on any atom is -0.462 e. The van der Waals surface area contributed by atoms with Crippen LogP contribution in [0, 0.1) is 0 Å². The van der Waals surface area contributed by atoms with E-state index in [0.717, 1.165) is 77.0 Å². The summed E-state index contributed by atoms with van der Waals surface area (Å²) in [7, 11) is 0. The third-order valence-electron chi connectivity index (χ3n) is 10.6. The standard InChI is InChI=1S/C53H92O6/c1-4-7-10-13-16-19-22-24-25-26-27-29-31-34-37-40-43-46-52(55)58-49-50(48-57-51(54)45-42-39-36-33-30-21-18-15-12-9-6-3)59-53(56)47-44-41-38-35-32-28-23-20-17-14-11-8-5-2/h8,11,14-15,17-18,20,23,28,32,50H,4-7,9-10,12-13,16,19,21-22,24-27,29-31,33-49H2,1-3H3/b11-8-,17-14-,18-15-,23-20-,32-28-. The third kappa shape index (κ3) is 46.0. The Kier molecular flexibility index (Phi) is 45.4. The molecule has 340 valence electrons. The molecule has 0 amide bonds. The molecule has 0 rings (SSSR count). The van der Waals surface area contributed by atoms with Gasteiger partial charge in [-0.05, 0) is 57.8 Å². The number of carbonyl (C=O) groups is 3. The Bertz CT molecular complexity index is 1090. The van der Waals surface area contributed by atoms with Crippen LogP contribution >= 0.6 is 0 Å². The lowest BCUT2D eigenvalue weighted by Gasteiger charge is -2.18. The van der Waals surface area contributed by atoms with Crippen LogP contribution in [-0.4, -0.2) is 37.2 Å². The highest BCUT2D eigenvalue weighted by Crippen LogP contribution is 2.15. The van der Waals surface area contributed by atoms with E-state index in [9.17, 15) is 14.4 Å². The molecule has 0 aromatic carbocycles. The van der Waals surface area contributed by atoms with Crippen LogP contribution in [0.15, 0.2) is 60.8 Å². The topological polar surface area (TPSA) is 78.9 Å². The van der Waals surface area contributed by atoms with Gasteiger partial charge in [-0.2, -0.15) is 0 Å². The van der Waals surface area contributed by atoms with Crippen molar-refractivity contribution in [1.29, 1.82) is 0 Å². The van der Waals surface area contributed by atoms with E-state index in [4.69, 9.17) is 14.2 Å². The number of ether oxygens (including phenoxy) is 3. The van der Waals surface area contributed by atoms with Crippen LogP contribution in [0.2, 0.25) is 0 Å². The van der Waals surface area contributed by atoms with E-state index in [2.05, 4.69) is 45.1 Å². The molecule has 0 saturated carbocycles. The molecular weight excluding hydrogens is 733 g/mol. The molecule has 1 unspecified atom stereocenters. The zero-order chi connectivity index (χ0) is 43.0. The molecule has 1 atom stereocenters. The fourth-order valence-corrected chi connectivity index (χ4v) is 6.85. The second-order valence-corrected chi connectivity index (χ2v) is 16.4. The molecule has 0 aliphatic rings. The van der Waals surface area contributed by atoms with Crippen molar-refractivity contribution >= 4 is 17.9 Å². The summed E-state index contributed by atoms with van der Waals surface area (Å²) in [5, 5.41) is 0. The van der Waals surface area contributed by atoms with Crippen molar-refractivity contribution in [2.24, 2.45) is 0 Å². The summed E-state index contributed by atoms with van der Waals surface area (Å²) in [6.45, 7) is 6.42. The van der Waals surface area contributed by atoms with Gasteiger partial charge in [0.1, 0.15) is 13.2 Å². The second-order valence-electron chi connectivity index (χ2n) is 16.4. The fourth-order valence-electron chi connectivity index (χ4n) is 6.85. The number of esters is 3. The zero-order valence-corrected chi connectivity index (χ0v) is 38.8. The predicted octanol–water partition coefficient (Wildman–Crippen LogP) is 16.1. The van der Waals surface area contributed by atoms with Crippen LogP contribution in [0.25, 0.3) is 0 Å². The summed E-state index contributed by atoms with van der Waals surface area (Å²) >= 11 is 0. The molecule has 0 saturated heterocycles. The summed E-state index contributed by atoms with van der Waals surface area (Å²) < 4.78 is 16.7. The van der Waals surface area contributed by atoms with Crippen molar-refractivity contribution in [3.63, 3.8) is 0 Å². The lowest BCUT2D eigenvalue weighted by atomic mass is 10.0. The molecule has 6 nitrogen and oxygen atoms in total. The van der Waals surface area contributed by atoms with Crippen LogP contribution in [0.3, 0.4) is 0 Å². The molecule has 0 spiro atoms. The van der Waals surface area contributed by atoms with E-state index in [0.29, 0.717) is 12.8 Å². The molecule has 0 aromatic rings. The zero-order valence-electron chi connectivity index (χ0n) is 38.8. The largest absolute Gasteiger partial charge is 0.462 e. The number of carbonyl (C=O) groups excluding carboxylic acids is 3. The van der Waals surface area contributed by atoms with Gasteiger partial charge in [-0.15, -0.1) is 0 Å². The summed E-state index contributed by atoms with van der Waals surface area (Å²) in [5.41, 5.74) is 0. The molecule has 0 radical (unpaired) electrons. The molecular formula is C53H92O6. The van der Waals surface area contributed by atoms with E-state index >= 15 is 0 Å². The summed E-state index contributed by atoms with van der Waals surface area (Å²) in [5.74, 6) is -0.938. The van der Waals surface area contributed by atoms with Gasteiger partial charge in [-0.3, -0.25) is 14.4 Å². The van der Waals surface area contributed by atoms with E-state index in [-0.39, 0.29) is 37.5 Å². The number of hydrogen-bond acceptors (Lipinski definition) is 6. The molecule has 0 aromatic heterocycles. The molecule has 59 heavy (non-hydrogen) atoms. The van der Waals surface area contributed by atoms with E-state index in [1.165, 1.54) is 122 Å². The second kappa shape index (κ2) is 47.8. The van der Waals surface area contributed by atoms with E-state index < -0.39 is 6.10 Å². The first-order valence-corrected chi connectivity index (χ1v) is 24.8. The van der Waals surface area contributed by atoms with Crippen LogP contribution in [-0.2, 0) is 28.6 Å². The van der Waals surface area contributed by atoms with E-state index in [1.807, 2.05) is 36.5 Å². The van der Waals surface area contributed by atoms with Crippen molar-refractivity contribution in [1.82, 2.24) is 0 Å². The summed E-state index contributed by atoms with van der Waals surface area (Å²) in [4.78, 5) is 37.8. The number of rotatable bonds is 44. The lowest BCUT2D eigenvalue weighted by molar-refractivity contribution is -0.167. The van der Waals surface area contributed by atoms with Crippen molar-refractivity contribution in [3.05, 3.63) is 60.8 Å². The molecule has 0 N–H and O–H groups in total. The molecule has 0 fully saturated rings. The van der Waals surface area contributed by atoms with Gasteiger partial charge in [-0.1, -0.05) is 223 Å². The van der Waals surface area contributed by atoms with Crippen molar-refractivity contribution in [2.75, 3.05) is 13.2 Å². The first-order chi connectivity index (χ1) is 29.0. The van der Waals surface area contributed by atoms with Gasteiger partial charge in [0.2, 0.25) is 0 Å². The van der Waals surface area contributed by atoms with Crippen LogP contribution in [0.4, 0.5) is 0 Å². The van der Waals surface area contributed by atoms with E-state index in [1.54, 1.807) is 0 Å². The maximum absolute atomic E-state index is 12.7. The average molecular weight is 825 g/mol. The Morgan fingerprint density at radius 1 is 0.356 bits per heavy atom. The first-order valence-electron chi connectivity index (χ1n) is 24.8. The van der Waals surface area contributed by atoms with Crippen molar-refractivity contribution in [2.45, 2.75) is 245 Å². The van der Waals surface area contributed by atoms with Crippen LogP contribution < -0.4 is 0 Å². The van der Waals surface area contributed by atoms with Gasteiger partial charge in [0.25, 0.3) is 0 Å². The molecule has 0 aliphatic heterocycles. The number of unbranched alkanes of at least 4 members (excludes halogenated alkanes) is 26. The Morgan fingerprint density at radius 2 is 0.695 bits per heavy atom. The summed E-state index contributed by atoms with van der Waals surface area (Å²) in [6, 6.07) is 0. The normalized spacial score (nSPS) is 12.5. The quantitative estimate of drug-likeness (QED) is 0.0200. The van der Waals surface area contributed by atoms with Gasteiger partial charge < -0.3 is 14.2 Å². The van der Waals surface area contributed by atoms with Crippen molar-refractivity contribution < 1.29 is 28.6 Å². The first kappa shape index (κ1) is 56.1. The number of allylic oxidation sites excluding steroid dienone is 10. The van der Waals surface area contributed by atoms with Gasteiger partial charge in [-0.25, -0.2) is 0 Å². The maximum Gasteiger partial charge on any atom is 0.306 e. The Morgan fingerprint density at radius 3 is 1.15 bits per heavy atom. The fraction of sp³-hybridized carbons (Fsp3) is 0.755. The highest BCUT2D eigenvalue weighted by molar-refractivity contribution is 5.71. The van der Waals surface area contributed by atoms with Crippen LogP contribution in [0.5, 0.6) is 0 Å². The molecule has 0 heterocycles. The predicted molar refractivity (Wildman–Crippen MR) is 251 cm³/mol. The van der Waals surface area contributed by atoms with Gasteiger partial charge >= 0.3 is 17.9 Å². The number of hydrogen-bond donors (Lipinski definition) is 0. The summed E-state index contributed by atoms with van der Waals surface area (Å²) in [6.07, 6.45) is 57.8.